The van der Waals surface area contributed by atoms with E-state index in [4.69, 9.17) is 4.12 Å². The van der Waals surface area contributed by atoms with E-state index < -0.39 is 16.6 Å². The summed E-state index contributed by atoms with van der Waals surface area (Å²) in [5.74, 6) is 0. The van der Waals surface area contributed by atoms with Crippen LogP contribution in [0, 0.1) is 0 Å². The van der Waals surface area contributed by atoms with Crippen molar-refractivity contribution in [2.75, 3.05) is 0 Å². The van der Waals surface area contributed by atoms with Gasteiger partial charge in [-0.05, 0) is 36.3 Å². The number of hydrogen-bond acceptors (Lipinski definition) is 1. The van der Waals surface area contributed by atoms with Crippen molar-refractivity contribution in [3.05, 3.63) is 0 Å². The summed E-state index contributed by atoms with van der Waals surface area (Å²) in [5, 5.41) is 0. The Morgan fingerprint density at radius 3 is 1.33 bits per heavy atom. The third-order valence-corrected chi connectivity index (χ3v) is 15.9. The smallest absolute Gasteiger partial charge is 0.179 e. The Labute approximate surface area is 96.9 Å². The normalized spacial score (nSPS) is 28.4. The summed E-state index contributed by atoms with van der Waals surface area (Å²) < 4.78 is 6.92. The minimum Gasteiger partial charge on any atom is -0.455 e. The summed E-state index contributed by atoms with van der Waals surface area (Å²) in [6.45, 7) is 4.79. The Hall–Kier alpha value is 0.394. The van der Waals surface area contributed by atoms with Crippen molar-refractivity contribution in [1.29, 1.82) is 0 Å². The van der Waals surface area contributed by atoms with E-state index in [0.29, 0.717) is 0 Å². The first kappa shape index (κ1) is 11.9. The highest BCUT2D eigenvalue weighted by Crippen LogP contribution is 2.42. The average molecular weight is 243 g/mol. The van der Waals surface area contributed by atoms with Gasteiger partial charge in [-0.15, -0.1) is 0 Å². The highest BCUT2D eigenvalue weighted by atomic mass is 28.4. The average Bonchev–Trinajstić information content (AvgIpc) is 2.89. The molecule has 0 atom stereocenters. The maximum Gasteiger partial charge on any atom is 0.179 e. The Balaban J connectivity index is 2.04. The molecule has 2 aliphatic heterocycles. The third-order valence-electron chi connectivity index (χ3n) is 4.75. The van der Waals surface area contributed by atoms with Gasteiger partial charge in [0.05, 0.1) is 0 Å². The zero-order valence-electron chi connectivity index (χ0n) is 10.5. The molecule has 1 nitrogen and oxygen atoms in total. The minimum atomic E-state index is -1.20. The molecule has 2 fully saturated rings. The van der Waals surface area contributed by atoms with Crippen LogP contribution in [0.3, 0.4) is 0 Å². The zero-order chi connectivity index (χ0) is 10.8. The van der Waals surface area contributed by atoms with E-state index in [1.54, 1.807) is 0 Å². The van der Waals surface area contributed by atoms with Gasteiger partial charge >= 0.3 is 0 Å². The van der Waals surface area contributed by atoms with Crippen molar-refractivity contribution >= 4 is 16.6 Å². The van der Waals surface area contributed by atoms with Gasteiger partial charge in [0.15, 0.2) is 16.6 Å². The molecule has 0 aliphatic carbocycles. The lowest BCUT2D eigenvalue weighted by atomic mass is 10.4. The Bertz CT molecular complexity index is 184. The lowest BCUT2D eigenvalue weighted by Gasteiger charge is -2.37. The number of rotatable bonds is 4. The quantitative estimate of drug-likeness (QED) is 0.659. The van der Waals surface area contributed by atoms with Gasteiger partial charge in [0.2, 0.25) is 0 Å². The molecule has 0 bridgehead atoms. The van der Waals surface area contributed by atoms with Crippen LogP contribution in [0.4, 0.5) is 0 Å². The molecule has 2 aliphatic rings. The standard InChI is InChI=1S/C12H26OSi2/c1-3-14(9-5-6-10-14)13-15(4-2)11-7-8-12-15/h3-12H2,1-2H3. The van der Waals surface area contributed by atoms with Gasteiger partial charge in [-0.25, -0.2) is 0 Å². The topological polar surface area (TPSA) is 9.23 Å². The fourth-order valence-electron chi connectivity index (χ4n) is 3.55. The molecule has 2 saturated heterocycles. The second-order valence-corrected chi connectivity index (χ2v) is 14.6. The SMILES string of the molecule is CC[Si]1(O[Si]2(CC)CCCC2)CCCC1. The largest absolute Gasteiger partial charge is 0.455 e. The van der Waals surface area contributed by atoms with Gasteiger partial charge in [-0.2, -0.15) is 0 Å². The van der Waals surface area contributed by atoms with Crippen molar-refractivity contribution in [1.82, 2.24) is 0 Å². The highest BCUT2D eigenvalue weighted by Gasteiger charge is 2.46. The Morgan fingerprint density at radius 1 is 0.733 bits per heavy atom. The van der Waals surface area contributed by atoms with E-state index in [1.807, 2.05) is 0 Å². The van der Waals surface area contributed by atoms with Crippen LogP contribution in [0.25, 0.3) is 0 Å². The van der Waals surface area contributed by atoms with E-state index in [2.05, 4.69) is 13.8 Å². The summed E-state index contributed by atoms with van der Waals surface area (Å²) in [5.41, 5.74) is 0. The van der Waals surface area contributed by atoms with E-state index >= 15 is 0 Å². The summed E-state index contributed by atoms with van der Waals surface area (Å²) in [6.07, 6.45) is 5.87. The first-order valence-electron chi connectivity index (χ1n) is 6.94. The molecule has 0 N–H and O–H groups in total. The molecular formula is C12H26OSi2. The molecule has 2 rings (SSSR count). The van der Waals surface area contributed by atoms with Crippen LogP contribution < -0.4 is 0 Å². The van der Waals surface area contributed by atoms with Crippen LogP contribution in [0.2, 0.25) is 36.3 Å². The maximum atomic E-state index is 6.92. The molecule has 0 amide bonds. The molecule has 0 aromatic carbocycles. The molecule has 0 aromatic heterocycles. The van der Waals surface area contributed by atoms with E-state index in [0.717, 1.165) is 0 Å². The molecule has 0 aromatic rings. The Morgan fingerprint density at radius 2 is 1.07 bits per heavy atom. The predicted molar refractivity (Wildman–Crippen MR) is 71.3 cm³/mol. The van der Waals surface area contributed by atoms with Crippen molar-refractivity contribution in [2.24, 2.45) is 0 Å². The van der Waals surface area contributed by atoms with E-state index in [1.165, 1.54) is 61.9 Å². The van der Waals surface area contributed by atoms with Gasteiger partial charge in [0.25, 0.3) is 0 Å². The fourth-order valence-corrected chi connectivity index (χ4v) is 15.5. The van der Waals surface area contributed by atoms with Crippen LogP contribution in [0.1, 0.15) is 39.5 Å². The van der Waals surface area contributed by atoms with E-state index in [-0.39, 0.29) is 0 Å². The summed E-state index contributed by atoms with van der Waals surface area (Å²) >= 11 is 0. The minimum absolute atomic E-state index is 1.20. The maximum absolute atomic E-state index is 6.92. The monoisotopic (exact) mass is 242 g/mol. The van der Waals surface area contributed by atoms with Crippen LogP contribution in [-0.2, 0) is 4.12 Å². The second kappa shape index (κ2) is 4.72. The summed E-state index contributed by atoms with van der Waals surface area (Å²) in [7, 11) is -2.41. The Kier molecular flexibility index (Phi) is 3.73. The van der Waals surface area contributed by atoms with E-state index in [9.17, 15) is 0 Å². The molecule has 0 radical (unpaired) electrons. The number of hydrogen-bond donors (Lipinski definition) is 0. The molecule has 3 heteroatoms. The second-order valence-electron chi connectivity index (χ2n) is 5.59. The van der Waals surface area contributed by atoms with Gasteiger partial charge in [0, 0.05) is 0 Å². The van der Waals surface area contributed by atoms with Crippen LogP contribution >= 0.6 is 0 Å². The molecule has 0 unspecified atom stereocenters. The van der Waals surface area contributed by atoms with Gasteiger partial charge in [-0.1, -0.05) is 39.5 Å². The first-order chi connectivity index (χ1) is 7.24. The van der Waals surface area contributed by atoms with Gasteiger partial charge in [-0.3, -0.25) is 0 Å². The third kappa shape index (κ3) is 2.39. The van der Waals surface area contributed by atoms with Crippen LogP contribution in [0.15, 0.2) is 0 Å². The van der Waals surface area contributed by atoms with Crippen molar-refractivity contribution in [3.63, 3.8) is 0 Å². The van der Waals surface area contributed by atoms with Gasteiger partial charge < -0.3 is 4.12 Å². The first-order valence-corrected chi connectivity index (χ1v) is 12.0. The van der Waals surface area contributed by atoms with Crippen LogP contribution in [0.5, 0.6) is 0 Å². The molecular weight excluding hydrogens is 216 g/mol. The molecule has 0 spiro atoms. The van der Waals surface area contributed by atoms with Crippen molar-refractivity contribution < 1.29 is 4.12 Å². The lowest BCUT2D eigenvalue weighted by Crippen LogP contribution is -2.47. The molecule has 2 heterocycles. The fraction of sp³-hybridized carbons (Fsp3) is 1.00. The molecule has 88 valence electrons. The molecule has 15 heavy (non-hydrogen) atoms. The van der Waals surface area contributed by atoms with Crippen LogP contribution in [-0.4, -0.2) is 16.6 Å². The van der Waals surface area contributed by atoms with Gasteiger partial charge in [0.1, 0.15) is 0 Å². The summed E-state index contributed by atoms with van der Waals surface area (Å²) in [4.78, 5) is 0. The highest BCUT2D eigenvalue weighted by molar-refractivity contribution is 6.87. The molecule has 0 saturated carbocycles. The lowest BCUT2D eigenvalue weighted by molar-refractivity contribution is 0.522. The van der Waals surface area contributed by atoms with Crippen molar-refractivity contribution in [3.8, 4) is 0 Å². The summed E-state index contributed by atoms with van der Waals surface area (Å²) in [6, 6.07) is 8.72. The predicted octanol–water partition coefficient (Wildman–Crippen LogP) is 4.52. The van der Waals surface area contributed by atoms with Crippen molar-refractivity contribution in [2.45, 2.75) is 75.8 Å². The zero-order valence-corrected chi connectivity index (χ0v) is 12.5.